The van der Waals surface area contributed by atoms with Crippen LogP contribution in [0.5, 0.6) is 5.75 Å². The molecule has 1 saturated heterocycles. The number of sulfonamides is 1. The molecule has 10 nitrogen and oxygen atoms in total. The Labute approximate surface area is 266 Å². The molecule has 12 heteroatoms. The molecule has 0 atom stereocenters. The highest BCUT2D eigenvalue weighted by atomic mass is 32.2. The van der Waals surface area contributed by atoms with Crippen molar-refractivity contribution in [2.45, 2.75) is 18.0 Å². The Morgan fingerprint density at radius 1 is 1.11 bits per heavy atom. The minimum absolute atomic E-state index is 0.0131. The third-order valence-electron chi connectivity index (χ3n) is 8.22. The second kappa shape index (κ2) is 12.5. The minimum atomic E-state index is -4.06. The number of nitriles is 1. The van der Waals surface area contributed by atoms with Gasteiger partial charge in [-0.25, -0.2) is 18.2 Å². The fourth-order valence-corrected chi connectivity index (χ4v) is 8.07. The van der Waals surface area contributed by atoms with Gasteiger partial charge in [-0.05, 0) is 59.5 Å². The van der Waals surface area contributed by atoms with Crippen molar-refractivity contribution >= 4 is 43.0 Å². The van der Waals surface area contributed by atoms with Crippen molar-refractivity contribution in [3.05, 3.63) is 107 Å². The fraction of sp³-hybridized carbons (Fsp3) is 0.242. The van der Waals surface area contributed by atoms with E-state index in [1.165, 1.54) is 28.8 Å². The SMILES string of the molecule is COc1cccc(S(=O)(=O)N(Cc2cncn2Cc2ccc(C#N)cc2)c2ccc3sc(C(=O)[N+]4(C)CCNCC4)cc3c2)c1. The quantitative estimate of drug-likeness (QED) is 0.234. The maximum absolute atomic E-state index is 14.3. The van der Waals surface area contributed by atoms with E-state index in [4.69, 9.17) is 10.00 Å². The Balaban J connectivity index is 1.38. The van der Waals surface area contributed by atoms with Gasteiger partial charge in [0.1, 0.15) is 10.6 Å². The van der Waals surface area contributed by atoms with Gasteiger partial charge >= 0.3 is 5.91 Å². The number of carbonyl (C=O) groups is 1. The lowest BCUT2D eigenvalue weighted by atomic mass is 10.1. The molecule has 1 aliphatic heterocycles. The third kappa shape index (κ3) is 6.21. The van der Waals surface area contributed by atoms with E-state index in [0.29, 0.717) is 38.6 Å². The topological polar surface area (TPSA) is 117 Å². The first-order valence-electron chi connectivity index (χ1n) is 14.5. The van der Waals surface area contributed by atoms with Gasteiger partial charge in [0.15, 0.2) is 0 Å². The highest BCUT2D eigenvalue weighted by molar-refractivity contribution is 7.92. The van der Waals surface area contributed by atoms with E-state index >= 15 is 0 Å². The molecule has 0 saturated carbocycles. The molecule has 0 bridgehead atoms. The second-order valence-electron chi connectivity index (χ2n) is 11.2. The number of quaternary nitrogens is 1. The number of anilines is 1. The zero-order valence-corrected chi connectivity index (χ0v) is 26.6. The molecule has 45 heavy (non-hydrogen) atoms. The summed E-state index contributed by atoms with van der Waals surface area (Å²) in [6, 6.07) is 23.2. The first-order valence-corrected chi connectivity index (χ1v) is 16.7. The Hall–Kier alpha value is -4.54. The molecule has 1 amide bonds. The van der Waals surface area contributed by atoms with E-state index in [-0.39, 0.29) is 17.3 Å². The van der Waals surface area contributed by atoms with Crippen LogP contribution in [-0.2, 0) is 23.1 Å². The number of rotatable bonds is 9. The van der Waals surface area contributed by atoms with Crippen LogP contribution in [0.3, 0.4) is 0 Å². The summed E-state index contributed by atoms with van der Waals surface area (Å²) >= 11 is 1.43. The van der Waals surface area contributed by atoms with E-state index < -0.39 is 10.0 Å². The maximum Gasteiger partial charge on any atom is 0.355 e. The first kappa shape index (κ1) is 30.5. The van der Waals surface area contributed by atoms with Gasteiger partial charge in [-0.1, -0.05) is 18.2 Å². The van der Waals surface area contributed by atoms with Crippen LogP contribution in [0.4, 0.5) is 5.69 Å². The molecule has 1 fully saturated rings. The molecule has 1 N–H and O–H groups in total. The van der Waals surface area contributed by atoms with Crippen LogP contribution < -0.4 is 14.4 Å². The Bertz CT molecular complexity index is 2000. The van der Waals surface area contributed by atoms with Crippen LogP contribution in [0.25, 0.3) is 10.1 Å². The van der Waals surface area contributed by atoms with Gasteiger partial charge < -0.3 is 14.6 Å². The van der Waals surface area contributed by atoms with Crippen LogP contribution in [0.1, 0.15) is 26.5 Å². The molecule has 0 spiro atoms. The van der Waals surface area contributed by atoms with Gasteiger partial charge in [-0.15, -0.1) is 11.3 Å². The summed E-state index contributed by atoms with van der Waals surface area (Å²) in [4.78, 5) is 18.6. The second-order valence-corrected chi connectivity index (χ2v) is 14.2. The summed E-state index contributed by atoms with van der Waals surface area (Å²) < 4.78 is 38.5. The number of nitrogens with one attached hydrogen (secondary N) is 1. The fourth-order valence-electron chi connectivity index (χ4n) is 5.50. The number of carbonyl (C=O) groups excluding carboxylic acids is 1. The number of imidazole rings is 1. The lowest BCUT2D eigenvalue weighted by molar-refractivity contribution is -0.830. The number of nitrogens with zero attached hydrogens (tertiary/aromatic N) is 5. The first-order chi connectivity index (χ1) is 21.7. The summed E-state index contributed by atoms with van der Waals surface area (Å²) in [5, 5.41) is 13.3. The Morgan fingerprint density at radius 3 is 2.62 bits per heavy atom. The van der Waals surface area contributed by atoms with Gasteiger partial charge in [0, 0.05) is 36.6 Å². The normalized spacial score (nSPS) is 14.6. The number of methoxy groups -OCH3 is 1. The highest BCUT2D eigenvalue weighted by Crippen LogP contribution is 2.34. The van der Waals surface area contributed by atoms with E-state index in [0.717, 1.165) is 41.8 Å². The number of fused-ring (bicyclic) bond motifs is 1. The van der Waals surface area contributed by atoms with Gasteiger partial charge in [-0.2, -0.15) is 5.26 Å². The van der Waals surface area contributed by atoms with Crippen LogP contribution >= 0.6 is 11.3 Å². The van der Waals surface area contributed by atoms with Gasteiger partial charge in [0.05, 0.1) is 68.0 Å². The molecule has 3 heterocycles. The van der Waals surface area contributed by atoms with E-state index in [2.05, 4.69) is 16.4 Å². The Morgan fingerprint density at radius 2 is 1.89 bits per heavy atom. The molecule has 1 aliphatic rings. The lowest BCUT2D eigenvalue weighted by Crippen LogP contribution is -2.59. The van der Waals surface area contributed by atoms with Crippen molar-refractivity contribution in [3.8, 4) is 11.8 Å². The minimum Gasteiger partial charge on any atom is -0.497 e. The molecule has 0 aliphatic carbocycles. The van der Waals surface area contributed by atoms with Crippen molar-refractivity contribution in [2.24, 2.45) is 0 Å². The number of hydrogen-bond donors (Lipinski definition) is 1. The van der Waals surface area contributed by atoms with Crippen LogP contribution in [0.2, 0.25) is 0 Å². The number of piperazine rings is 1. The van der Waals surface area contributed by atoms with Gasteiger partial charge in [0.2, 0.25) is 0 Å². The molecular weight excluding hydrogens is 609 g/mol. The number of likely N-dealkylation sites (N-methyl/N-ethyl adjacent to an activating group) is 1. The van der Waals surface area contributed by atoms with Crippen LogP contribution in [-0.4, -0.2) is 68.7 Å². The lowest BCUT2D eigenvalue weighted by Gasteiger charge is -2.34. The summed E-state index contributed by atoms with van der Waals surface area (Å²) in [7, 11) is -0.592. The van der Waals surface area contributed by atoms with Crippen molar-refractivity contribution in [2.75, 3.05) is 44.6 Å². The van der Waals surface area contributed by atoms with Crippen molar-refractivity contribution in [3.63, 3.8) is 0 Å². The molecule has 0 radical (unpaired) electrons. The molecule has 230 valence electrons. The number of hydrogen-bond acceptors (Lipinski definition) is 8. The monoisotopic (exact) mass is 641 g/mol. The summed E-state index contributed by atoms with van der Waals surface area (Å²) in [6.45, 7) is 3.49. The van der Waals surface area contributed by atoms with Crippen LogP contribution in [0, 0.1) is 11.3 Å². The predicted octanol–water partition coefficient (Wildman–Crippen LogP) is 4.61. The number of thiophene rings is 1. The van der Waals surface area contributed by atoms with Crippen molar-refractivity contribution in [1.29, 1.82) is 5.26 Å². The predicted molar refractivity (Wildman–Crippen MR) is 174 cm³/mol. The zero-order chi connectivity index (χ0) is 31.6. The molecule has 3 aromatic carbocycles. The molecule has 0 unspecified atom stereocenters. The summed E-state index contributed by atoms with van der Waals surface area (Å²) in [6.07, 6.45) is 3.33. The van der Waals surface area contributed by atoms with Crippen molar-refractivity contribution < 1.29 is 22.4 Å². The number of aromatic nitrogens is 2. The van der Waals surface area contributed by atoms with E-state index in [1.54, 1.807) is 48.9 Å². The average Bonchev–Trinajstić information content (AvgIpc) is 3.70. The smallest absolute Gasteiger partial charge is 0.355 e. The largest absolute Gasteiger partial charge is 0.497 e. The van der Waals surface area contributed by atoms with Gasteiger partial charge in [0.25, 0.3) is 10.0 Å². The maximum atomic E-state index is 14.3. The third-order valence-corrected chi connectivity index (χ3v) is 11.1. The van der Waals surface area contributed by atoms with Gasteiger partial charge in [-0.3, -0.25) is 8.79 Å². The summed E-state index contributed by atoms with van der Waals surface area (Å²) in [5.41, 5.74) is 2.67. The Kier molecular flexibility index (Phi) is 8.44. The highest BCUT2D eigenvalue weighted by Gasteiger charge is 2.35. The number of ether oxygens (including phenoxy) is 1. The molecule has 5 aromatic rings. The zero-order valence-electron chi connectivity index (χ0n) is 25.0. The summed E-state index contributed by atoms with van der Waals surface area (Å²) in [5.74, 6) is 0.509. The number of amides is 1. The van der Waals surface area contributed by atoms with Crippen LogP contribution in [0.15, 0.2) is 90.2 Å². The van der Waals surface area contributed by atoms with E-state index in [1.807, 2.05) is 41.9 Å². The molecule has 6 rings (SSSR count). The number of benzene rings is 3. The standard InChI is InChI=1S/C33H33N6O4S2/c1-39(14-12-35-13-15-39)33(40)32-17-26-16-27(10-11-31(26)44-32)38(45(41,42)30-5-3-4-29(18-30)43-2)22-28-20-36-23-37(28)21-25-8-6-24(19-34)7-9-25/h3-11,16-18,20,23,35H,12-15,21-22H2,1-2H3/q+1. The van der Waals surface area contributed by atoms with Crippen molar-refractivity contribution in [1.82, 2.24) is 14.9 Å². The molecular formula is C33H33N6O4S2+. The average molecular weight is 642 g/mol. The molecule has 2 aromatic heterocycles. The van der Waals surface area contributed by atoms with E-state index in [9.17, 15) is 13.2 Å².